The summed E-state index contributed by atoms with van der Waals surface area (Å²) in [5.74, 6) is -2.24. The maximum atomic E-state index is 13.2. The highest BCUT2D eigenvalue weighted by atomic mass is 35.5. The fraction of sp³-hybridized carbons (Fsp3) is 0.278. The summed E-state index contributed by atoms with van der Waals surface area (Å²) < 4.78 is 26.1. The molecule has 162 valence electrons. The Morgan fingerprint density at radius 3 is 2.38 bits per heavy atom. The van der Waals surface area contributed by atoms with Crippen LogP contribution < -0.4 is 20.9 Å². The number of rotatable bonds is 5. The molecule has 1 aliphatic rings. The fourth-order valence-corrected chi connectivity index (χ4v) is 2.88. The Labute approximate surface area is 191 Å². The summed E-state index contributed by atoms with van der Waals surface area (Å²) in [5.41, 5.74) is 1.82. The molecule has 11 heteroatoms. The van der Waals surface area contributed by atoms with Crippen molar-refractivity contribution in [2.24, 2.45) is 0 Å². The lowest BCUT2D eigenvalue weighted by molar-refractivity contribution is -0.114. The number of hydrogen-bond donors (Lipinski definition) is 3. The van der Waals surface area contributed by atoms with Crippen molar-refractivity contribution in [3.05, 3.63) is 53.1 Å². The monoisotopic (exact) mass is 488 g/mol. The zero-order valence-corrected chi connectivity index (χ0v) is 18.4. The molecule has 0 atom stereocenters. The highest BCUT2D eigenvalue weighted by Crippen LogP contribution is 2.28. The lowest BCUT2D eigenvalue weighted by Gasteiger charge is -2.29. The molecule has 3 N–H and O–H groups in total. The van der Waals surface area contributed by atoms with Gasteiger partial charge in [0.25, 0.3) is 0 Å². The van der Waals surface area contributed by atoms with E-state index in [4.69, 9.17) is 11.6 Å². The number of carbonyl (C=O) groups excluding carboxylic acids is 1. The highest BCUT2D eigenvalue weighted by Gasteiger charge is 2.13. The summed E-state index contributed by atoms with van der Waals surface area (Å²) >= 11 is 6.18. The average Bonchev–Trinajstić information content (AvgIpc) is 2.65. The number of carbonyl (C=O) groups is 1. The van der Waals surface area contributed by atoms with Crippen LogP contribution in [0.3, 0.4) is 0 Å². The first kappa shape index (κ1) is 27.5. The van der Waals surface area contributed by atoms with Crippen molar-refractivity contribution in [2.75, 3.05) is 48.3 Å². The second-order valence-electron chi connectivity index (χ2n) is 5.93. The number of hydrogen-bond acceptors (Lipinski definition) is 4. The molecule has 0 spiro atoms. The van der Waals surface area contributed by atoms with Crippen LogP contribution in [0.2, 0.25) is 5.02 Å². The molecule has 1 fully saturated rings. The van der Waals surface area contributed by atoms with E-state index >= 15 is 0 Å². The van der Waals surface area contributed by atoms with Gasteiger partial charge in [0, 0.05) is 43.6 Å². The minimum absolute atomic E-state index is 0. The molecule has 1 heterocycles. The van der Waals surface area contributed by atoms with Crippen molar-refractivity contribution >= 4 is 71.8 Å². The van der Waals surface area contributed by atoms with Gasteiger partial charge in [-0.1, -0.05) is 11.6 Å². The molecule has 5 nitrogen and oxygen atoms in total. The minimum atomic E-state index is -0.970. The molecule has 0 radical (unpaired) electrons. The van der Waals surface area contributed by atoms with Crippen LogP contribution in [0.15, 0.2) is 36.4 Å². The third-order valence-electron chi connectivity index (χ3n) is 4.08. The molecule has 2 aromatic rings. The summed E-state index contributed by atoms with van der Waals surface area (Å²) in [5, 5.41) is 9.21. The van der Waals surface area contributed by atoms with E-state index in [-0.39, 0.29) is 49.7 Å². The number of piperazine rings is 1. The molecule has 3 rings (SSSR count). The zero-order chi connectivity index (χ0) is 18.5. The Kier molecular flexibility index (Phi) is 12.3. The molecule has 1 saturated heterocycles. The Balaban J connectivity index is 0.00000261. The molecule has 0 bridgehead atoms. The lowest BCUT2D eigenvalue weighted by Crippen LogP contribution is -2.43. The van der Waals surface area contributed by atoms with Crippen LogP contribution in [-0.2, 0) is 4.79 Å². The largest absolute Gasteiger partial charge is 0.376 e. The van der Waals surface area contributed by atoms with Gasteiger partial charge in [-0.05, 0) is 30.3 Å². The van der Waals surface area contributed by atoms with Gasteiger partial charge in [-0.2, -0.15) is 0 Å². The van der Waals surface area contributed by atoms with E-state index in [1.54, 1.807) is 6.07 Å². The number of nitrogens with zero attached hydrogens (tertiary/aromatic N) is 1. The first-order valence-corrected chi connectivity index (χ1v) is 8.65. The van der Waals surface area contributed by atoms with E-state index in [1.807, 2.05) is 12.1 Å². The quantitative estimate of drug-likeness (QED) is 0.584. The van der Waals surface area contributed by atoms with Crippen molar-refractivity contribution in [1.82, 2.24) is 5.32 Å². The molecule has 0 saturated carbocycles. The van der Waals surface area contributed by atoms with E-state index in [0.29, 0.717) is 16.4 Å². The van der Waals surface area contributed by atoms with Crippen molar-refractivity contribution in [3.8, 4) is 0 Å². The Morgan fingerprint density at radius 2 is 1.72 bits per heavy atom. The van der Waals surface area contributed by atoms with Crippen LogP contribution in [0.5, 0.6) is 0 Å². The van der Waals surface area contributed by atoms with Gasteiger partial charge in [0.05, 0.1) is 17.3 Å². The van der Waals surface area contributed by atoms with Crippen LogP contribution in [0.1, 0.15) is 0 Å². The Morgan fingerprint density at radius 1 is 1.03 bits per heavy atom. The van der Waals surface area contributed by atoms with Crippen molar-refractivity contribution in [1.29, 1.82) is 0 Å². The molecule has 29 heavy (non-hydrogen) atoms. The van der Waals surface area contributed by atoms with Crippen molar-refractivity contribution < 1.29 is 13.6 Å². The van der Waals surface area contributed by atoms with Gasteiger partial charge in [0.15, 0.2) is 11.6 Å². The van der Waals surface area contributed by atoms with Gasteiger partial charge >= 0.3 is 0 Å². The summed E-state index contributed by atoms with van der Waals surface area (Å²) in [6.45, 7) is 3.48. The van der Waals surface area contributed by atoms with Crippen LogP contribution in [0.4, 0.5) is 25.8 Å². The third kappa shape index (κ3) is 7.68. The predicted molar refractivity (Wildman–Crippen MR) is 122 cm³/mol. The van der Waals surface area contributed by atoms with E-state index in [1.165, 1.54) is 6.07 Å². The lowest BCUT2D eigenvalue weighted by atomic mass is 10.2. The molecular formula is C18H22Cl4F2N4O. The smallest absolute Gasteiger partial charge is 0.243 e. The van der Waals surface area contributed by atoms with E-state index in [9.17, 15) is 13.6 Å². The fourth-order valence-electron chi connectivity index (χ4n) is 2.71. The third-order valence-corrected chi connectivity index (χ3v) is 4.41. The molecule has 0 aliphatic carbocycles. The second-order valence-corrected chi connectivity index (χ2v) is 6.34. The van der Waals surface area contributed by atoms with Crippen molar-refractivity contribution in [3.63, 3.8) is 0 Å². The molecule has 1 aliphatic heterocycles. The number of anilines is 3. The first-order valence-electron chi connectivity index (χ1n) is 8.27. The van der Waals surface area contributed by atoms with Gasteiger partial charge in [-0.25, -0.2) is 8.78 Å². The number of halogens is 6. The average molecular weight is 490 g/mol. The standard InChI is InChI=1S/C18H19ClF2N4O.3ClH/c19-14-3-2-13(25-7-5-22-6-8-25)10-17(14)24-18(26)11-23-12-1-4-15(20)16(21)9-12;;;/h1-4,9-10,22-23H,5-8,11H2,(H,24,26);3*1H. The first-order chi connectivity index (χ1) is 12.5. The molecule has 0 aromatic heterocycles. The number of benzene rings is 2. The summed E-state index contributed by atoms with van der Waals surface area (Å²) in [6.07, 6.45) is 0. The maximum Gasteiger partial charge on any atom is 0.243 e. The molecular weight excluding hydrogens is 468 g/mol. The summed E-state index contributed by atoms with van der Waals surface area (Å²) in [4.78, 5) is 14.4. The van der Waals surface area contributed by atoms with Crippen LogP contribution in [0, 0.1) is 11.6 Å². The molecule has 2 aromatic carbocycles. The Bertz CT molecular complexity index is 807. The van der Waals surface area contributed by atoms with E-state index in [0.717, 1.165) is 44.0 Å². The highest BCUT2D eigenvalue weighted by molar-refractivity contribution is 6.33. The normalized spacial score (nSPS) is 12.7. The topological polar surface area (TPSA) is 56.4 Å². The minimum Gasteiger partial charge on any atom is -0.376 e. The summed E-state index contributed by atoms with van der Waals surface area (Å²) in [7, 11) is 0. The number of nitrogens with one attached hydrogen (secondary N) is 3. The second kappa shape index (κ2) is 12.9. The molecule has 1 amide bonds. The van der Waals surface area contributed by atoms with Gasteiger partial charge in [0.2, 0.25) is 5.91 Å². The Hall–Kier alpha value is -1.51. The van der Waals surface area contributed by atoms with Crippen LogP contribution in [-0.4, -0.2) is 38.6 Å². The van der Waals surface area contributed by atoms with Crippen LogP contribution >= 0.6 is 48.8 Å². The zero-order valence-electron chi connectivity index (χ0n) is 15.2. The summed E-state index contributed by atoms with van der Waals surface area (Å²) in [6, 6.07) is 8.87. The van der Waals surface area contributed by atoms with Gasteiger partial charge in [-0.3, -0.25) is 4.79 Å². The van der Waals surface area contributed by atoms with Gasteiger partial charge in [0.1, 0.15) is 0 Å². The van der Waals surface area contributed by atoms with Crippen LogP contribution in [0.25, 0.3) is 0 Å². The predicted octanol–water partition coefficient (Wildman–Crippen LogP) is 4.34. The van der Waals surface area contributed by atoms with Gasteiger partial charge < -0.3 is 20.9 Å². The molecule has 0 unspecified atom stereocenters. The van der Waals surface area contributed by atoms with E-state index in [2.05, 4.69) is 20.9 Å². The number of amides is 1. The SMILES string of the molecule is Cl.Cl.Cl.O=C(CNc1ccc(F)c(F)c1)Nc1cc(N2CCNCC2)ccc1Cl. The maximum absolute atomic E-state index is 13.2. The van der Waals surface area contributed by atoms with Crippen molar-refractivity contribution in [2.45, 2.75) is 0 Å². The van der Waals surface area contributed by atoms with E-state index < -0.39 is 11.6 Å². The van der Waals surface area contributed by atoms with Gasteiger partial charge in [-0.15, -0.1) is 37.2 Å².